The van der Waals surface area contributed by atoms with Crippen LogP contribution in [0, 0.1) is 0 Å². The van der Waals surface area contributed by atoms with Gasteiger partial charge in [-0.2, -0.15) is 0 Å². The van der Waals surface area contributed by atoms with Gasteiger partial charge in [-0.05, 0) is 12.3 Å². The van der Waals surface area contributed by atoms with E-state index in [9.17, 15) is 0 Å². The van der Waals surface area contributed by atoms with Crippen LogP contribution in [0.2, 0.25) is 0 Å². The van der Waals surface area contributed by atoms with Gasteiger partial charge in [-0.15, -0.1) is 11.8 Å². The number of fused-ring (bicyclic) bond motifs is 1. The zero-order valence-electron chi connectivity index (χ0n) is 7.27. The molecule has 0 unspecified atom stereocenters. The quantitative estimate of drug-likeness (QED) is 0.599. The molecule has 13 heavy (non-hydrogen) atoms. The molecule has 1 aromatic heterocycles. The van der Waals surface area contributed by atoms with Crippen LogP contribution in [0.1, 0.15) is 0 Å². The van der Waals surface area contributed by atoms with Crippen molar-refractivity contribution < 1.29 is 0 Å². The maximum absolute atomic E-state index is 5.76. The predicted octanol–water partition coefficient (Wildman–Crippen LogP) is -0.723. The SMILES string of the molecule is CSC1=c2cnccc2=NCN1N. The van der Waals surface area contributed by atoms with Crippen LogP contribution in [0.4, 0.5) is 0 Å². The van der Waals surface area contributed by atoms with Crippen molar-refractivity contribution in [3.63, 3.8) is 0 Å². The molecule has 0 spiro atoms. The maximum Gasteiger partial charge on any atom is 0.125 e. The van der Waals surface area contributed by atoms with Crippen molar-refractivity contribution >= 4 is 16.8 Å². The Morgan fingerprint density at radius 3 is 3.23 bits per heavy atom. The summed E-state index contributed by atoms with van der Waals surface area (Å²) in [5.41, 5.74) is 0. The zero-order chi connectivity index (χ0) is 9.26. The van der Waals surface area contributed by atoms with Gasteiger partial charge in [0.2, 0.25) is 0 Å². The second-order valence-corrected chi connectivity index (χ2v) is 3.47. The van der Waals surface area contributed by atoms with Gasteiger partial charge in [0.05, 0.1) is 10.4 Å². The van der Waals surface area contributed by atoms with E-state index in [0.717, 1.165) is 15.6 Å². The normalized spacial score (nSPS) is 15.2. The van der Waals surface area contributed by atoms with Crippen molar-refractivity contribution in [2.75, 3.05) is 12.9 Å². The number of nitrogens with two attached hydrogens (primary N) is 1. The number of aromatic nitrogens is 1. The number of thioether (sulfide) groups is 1. The highest BCUT2D eigenvalue weighted by Crippen LogP contribution is 2.13. The standard InChI is InChI=1S/C8H10N4S/c1-13-8-6-4-10-3-2-7(6)11-5-12(8)9/h2-4H,5,9H2,1H3. The molecule has 5 heteroatoms. The minimum Gasteiger partial charge on any atom is -0.283 e. The van der Waals surface area contributed by atoms with Crippen LogP contribution in [0.5, 0.6) is 0 Å². The molecule has 0 aliphatic carbocycles. The number of nitrogens with zero attached hydrogens (tertiary/aromatic N) is 3. The number of rotatable bonds is 1. The van der Waals surface area contributed by atoms with Crippen molar-refractivity contribution in [1.29, 1.82) is 0 Å². The molecular formula is C8H10N4S. The number of pyridine rings is 1. The molecule has 1 aliphatic rings. The fraction of sp³-hybridized carbons (Fsp3) is 0.250. The predicted molar refractivity (Wildman–Crippen MR) is 52.8 cm³/mol. The summed E-state index contributed by atoms with van der Waals surface area (Å²) in [6, 6.07) is 1.90. The monoisotopic (exact) mass is 194 g/mol. The maximum atomic E-state index is 5.76. The van der Waals surface area contributed by atoms with Crippen LogP contribution in [-0.2, 0) is 0 Å². The van der Waals surface area contributed by atoms with E-state index in [1.807, 2.05) is 12.3 Å². The van der Waals surface area contributed by atoms with E-state index < -0.39 is 0 Å². The van der Waals surface area contributed by atoms with Gasteiger partial charge in [-0.25, -0.2) is 5.84 Å². The summed E-state index contributed by atoms with van der Waals surface area (Å²) in [5, 5.41) is 4.65. The molecule has 0 aromatic carbocycles. The molecule has 68 valence electrons. The smallest absolute Gasteiger partial charge is 0.125 e. The van der Waals surface area contributed by atoms with Crippen molar-refractivity contribution in [3.05, 3.63) is 29.0 Å². The Balaban J connectivity index is 2.78. The average Bonchev–Trinajstić information content (AvgIpc) is 2.18. The molecule has 2 heterocycles. The molecule has 0 atom stereocenters. The van der Waals surface area contributed by atoms with Gasteiger partial charge in [-0.1, -0.05) is 0 Å². The van der Waals surface area contributed by atoms with Gasteiger partial charge >= 0.3 is 0 Å². The average molecular weight is 194 g/mol. The lowest BCUT2D eigenvalue weighted by molar-refractivity contribution is 0.427. The fourth-order valence-electron chi connectivity index (χ4n) is 1.29. The summed E-state index contributed by atoms with van der Waals surface area (Å²) < 4.78 is 0. The highest BCUT2D eigenvalue weighted by Gasteiger charge is 2.09. The van der Waals surface area contributed by atoms with Gasteiger partial charge in [-0.3, -0.25) is 15.0 Å². The Hall–Kier alpha value is -1.07. The van der Waals surface area contributed by atoms with E-state index in [-0.39, 0.29) is 0 Å². The Bertz CT molecular complexity index is 428. The first-order chi connectivity index (χ1) is 6.33. The van der Waals surface area contributed by atoms with E-state index in [1.54, 1.807) is 29.2 Å². The van der Waals surface area contributed by atoms with Crippen LogP contribution >= 0.6 is 11.8 Å². The summed E-state index contributed by atoms with van der Waals surface area (Å²) in [6.45, 7) is 0.521. The molecule has 0 bridgehead atoms. The van der Waals surface area contributed by atoms with E-state index in [1.165, 1.54) is 0 Å². The van der Waals surface area contributed by atoms with E-state index in [4.69, 9.17) is 5.84 Å². The Morgan fingerprint density at radius 2 is 2.46 bits per heavy atom. The lowest BCUT2D eigenvalue weighted by Gasteiger charge is -2.20. The second-order valence-electron chi connectivity index (χ2n) is 2.67. The summed E-state index contributed by atoms with van der Waals surface area (Å²) in [6.07, 6.45) is 5.54. The Morgan fingerprint density at radius 1 is 1.62 bits per heavy atom. The second kappa shape index (κ2) is 3.35. The molecule has 0 radical (unpaired) electrons. The zero-order valence-corrected chi connectivity index (χ0v) is 8.08. The van der Waals surface area contributed by atoms with Crippen molar-refractivity contribution in [3.8, 4) is 0 Å². The first-order valence-electron chi connectivity index (χ1n) is 3.88. The minimum absolute atomic E-state index is 0.521. The van der Waals surface area contributed by atoms with Crippen LogP contribution in [0.3, 0.4) is 0 Å². The lowest BCUT2D eigenvalue weighted by atomic mass is 10.3. The molecule has 0 saturated carbocycles. The topological polar surface area (TPSA) is 54.5 Å². The minimum atomic E-state index is 0.521. The lowest BCUT2D eigenvalue weighted by Crippen LogP contribution is -2.42. The van der Waals surface area contributed by atoms with Crippen LogP contribution in [-0.4, -0.2) is 22.9 Å². The van der Waals surface area contributed by atoms with Gasteiger partial charge in [0.1, 0.15) is 6.67 Å². The third-order valence-corrected chi connectivity index (χ3v) is 2.72. The van der Waals surface area contributed by atoms with Crippen LogP contribution in [0.25, 0.3) is 5.03 Å². The van der Waals surface area contributed by atoms with Gasteiger partial charge in [0.25, 0.3) is 0 Å². The molecule has 1 aromatic rings. The Labute approximate surface area is 80.1 Å². The first kappa shape index (κ1) is 8.52. The van der Waals surface area contributed by atoms with E-state index in [0.29, 0.717) is 6.67 Å². The highest BCUT2D eigenvalue weighted by molar-refractivity contribution is 8.07. The first-order valence-corrected chi connectivity index (χ1v) is 5.10. The summed E-state index contributed by atoms with van der Waals surface area (Å²) in [4.78, 5) is 8.35. The molecule has 0 amide bonds. The molecule has 4 nitrogen and oxygen atoms in total. The van der Waals surface area contributed by atoms with Gasteiger partial charge in [0.15, 0.2) is 0 Å². The van der Waals surface area contributed by atoms with Crippen LogP contribution in [0.15, 0.2) is 23.5 Å². The van der Waals surface area contributed by atoms with Gasteiger partial charge < -0.3 is 0 Å². The van der Waals surface area contributed by atoms with E-state index in [2.05, 4.69) is 9.98 Å². The Kier molecular flexibility index (Phi) is 2.20. The summed E-state index contributed by atoms with van der Waals surface area (Å²) >= 11 is 1.61. The molecule has 1 aliphatic heterocycles. The highest BCUT2D eigenvalue weighted by atomic mass is 32.2. The number of hydrogen-bond donors (Lipinski definition) is 1. The summed E-state index contributed by atoms with van der Waals surface area (Å²) in [7, 11) is 0. The number of hydrogen-bond acceptors (Lipinski definition) is 5. The summed E-state index contributed by atoms with van der Waals surface area (Å²) in [5.74, 6) is 5.76. The van der Waals surface area contributed by atoms with Crippen molar-refractivity contribution in [2.45, 2.75) is 0 Å². The molecule has 0 saturated heterocycles. The molecular weight excluding hydrogens is 184 g/mol. The van der Waals surface area contributed by atoms with Gasteiger partial charge in [0, 0.05) is 17.6 Å². The van der Waals surface area contributed by atoms with Crippen molar-refractivity contribution in [2.24, 2.45) is 10.8 Å². The fourth-order valence-corrected chi connectivity index (χ4v) is 1.96. The number of hydrazine groups is 1. The van der Waals surface area contributed by atoms with E-state index >= 15 is 0 Å². The third kappa shape index (κ3) is 1.40. The van der Waals surface area contributed by atoms with Crippen LogP contribution < -0.4 is 16.4 Å². The van der Waals surface area contributed by atoms with Crippen molar-refractivity contribution in [1.82, 2.24) is 9.99 Å². The third-order valence-electron chi connectivity index (χ3n) is 1.88. The molecule has 2 N–H and O–H groups in total. The molecule has 2 rings (SSSR count). The molecule has 0 fully saturated rings. The largest absolute Gasteiger partial charge is 0.283 e.